The van der Waals surface area contributed by atoms with Gasteiger partial charge < -0.3 is 5.73 Å². The predicted octanol–water partition coefficient (Wildman–Crippen LogP) is 3.80. The van der Waals surface area contributed by atoms with Gasteiger partial charge in [-0.05, 0) is 32.0 Å². The third kappa shape index (κ3) is 3.94. The molecule has 8 heteroatoms. The van der Waals surface area contributed by atoms with Gasteiger partial charge in [-0.3, -0.25) is 9.36 Å². The first-order chi connectivity index (χ1) is 10.4. The molecule has 0 aliphatic rings. The Morgan fingerprint density at radius 2 is 2.09 bits per heavy atom. The van der Waals surface area contributed by atoms with Crippen LogP contribution in [0.5, 0.6) is 0 Å². The fourth-order valence-electron chi connectivity index (χ4n) is 1.94. The number of hydrogen-bond acceptors (Lipinski definition) is 4. The average molecular weight is 359 g/mol. The standard InChI is InChI=1S/C14H16Cl2N4OS/c1-8(2)20-13(10-4-3-9(15)7-11(10)16)18-19-14(20)22-6-5-12(17)21/h3-4,7-8H,5-6H2,1-2H3,(H2,17,21). The molecular weight excluding hydrogens is 343 g/mol. The molecule has 0 unspecified atom stereocenters. The lowest BCUT2D eigenvalue weighted by atomic mass is 10.2. The molecule has 0 aliphatic heterocycles. The summed E-state index contributed by atoms with van der Waals surface area (Å²) in [6.45, 7) is 4.07. The van der Waals surface area contributed by atoms with Crippen molar-refractivity contribution in [2.75, 3.05) is 5.75 Å². The number of carbonyl (C=O) groups is 1. The van der Waals surface area contributed by atoms with Crippen LogP contribution in [-0.4, -0.2) is 26.4 Å². The smallest absolute Gasteiger partial charge is 0.218 e. The molecule has 2 aromatic rings. The van der Waals surface area contributed by atoms with Crippen molar-refractivity contribution in [2.45, 2.75) is 31.5 Å². The van der Waals surface area contributed by atoms with E-state index >= 15 is 0 Å². The quantitative estimate of drug-likeness (QED) is 0.796. The minimum Gasteiger partial charge on any atom is -0.370 e. The van der Waals surface area contributed by atoms with E-state index in [2.05, 4.69) is 10.2 Å². The zero-order valence-corrected chi connectivity index (χ0v) is 14.5. The minimum atomic E-state index is -0.330. The Bertz CT molecular complexity index is 687. The van der Waals surface area contributed by atoms with Gasteiger partial charge in [-0.25, -0.2) is 0 Å². The molecule has 1 aromatic heterocycles. The second-order valence-electron chi connectivity index (χ2n) is 4.96. The number of rotatable bonds is 6. The topological polar surface area (TPSA) is 73.8 Å². The molecule has 0 fully saturated rings. The van der Waals surface area contributed by atoms with Gasteiger partial charge in [-0.2, -0.15) is 0 Å². The highest BCUT2D eigenvalue weighted by atomic mass is 35.5. The number of hydrogen-bond donors (Lipinski definition) is 1. The lowest BCUT2D eigenvalue weighted by Crippen LogP contribution is -2.11. The highest BCUT2D eigenvalue weighted by Gasteiger charge is 2.18. The Morgan fingerprint density at radius 3 is 2.68 bits per heavy atom. The molecule has 22 heavy (non-hydrogen) atoms. The maximum absolute atomic E-state index is 10.8. The molecule has 0 atom stereocenters. The zero-order valence-electron chi connectivity index (χ0n) is 12.2. The maximum Gasteiger partial charge on any atom is 0.218 e. The number of carbonyl (C=O) groups excluding carboxylic acids is 1. The van der Waals surface area contributed by atoms with Crippen LogP contribution in [-0.2, 0) is 4.79 Å². The summed E-state index contributed by atoms with van der Waals surface area (Å²) in [6.07, 6.45) is 0.298. The summed E-state index contributed by atoms with van der Waals surface area (Å²) in [5, 5.41) is 10.3. The molecule has 0 radical (unpaired) electrons. The number of thioether (sulfide) groups is 1. The van der Waals surface area contributed by atoms with E-state index in [9.17, 15) is 4.79 Å². The Morgan fingerprint density at radius 1 is 1.36 bits per heavy atom. The molecule has 0 spiro atoms. The van der Waals surface area contributed by atoms with Crippen LogP contribution in [0.3, 0.4) is 0 Å². The number of primary amides is 1. The van der Waals surface area contributed by atoms with E-state index in [-0.39, 0.29) is 11.9 Å². The molecular formula is C14H16Cl2N4OS. The number of nitrogens with two attached hydrogens (primary N) is 1. The number of halogens is 2. The number of aromatic nitrogens is 3. The van der Waals surface area contributed by atoms with E-state index in [4.69, 9.17) is 28.9 Å². The largest absolute Gasteiger partial charge is 0.370 e. The van der Waals surface area contributed by atoms with Crippen molar-refractivity contribution in [3.63, 3.8) is 0 Å². The maximum atomic E-state index is 10.8. The normalized spacial score (nSPS) is 11.1. The lowest BCUT2D eigenvalue weighted by molar-refractivity contribution is -0.117. The molecule has 1 amide bonds. The van der Waals surface area contributed by atoms with Crippen LogP contribution in [0, 0.1) is 0 Å². The van der Waals surface area contributed by atoms with Crippen LogP contribution >= 0.6 is 35.0 Å². The van der Waals surface area contributed by atoms with E-state index in [1.165, 1.54) is 11.8 Å². The molecule has 0 aliphatic carbocycles. The molecule has 0 saturated carbocycles. The first kappa shape index (κ1) is 17.1. The average Bonchev–Trinajstić information content (AvgIpc) is 2.82. The summed E-state index contributed by atoms with van der Waals surface area (Å²) in [5.74, 6) is 0.913. The summed E-state index contributed by atoms with van der Waals surface area (Å²) in [5.41, 5.74) is 5.93. The van der Waals surface area contributed by atoms with Crippen molar-refractivity contribution in [1.29, 1.82) is 0 Å². The van der Waals surface area contributed by atoms with Crippen LogP contribution in [0.25, 0.3) is 11.4 Å². The molecule has 2 rings (SSSR count). The number of nitrogens with zero attached hydrogens (tertiary/aromatic N) is 3. The van der Waals surface area contributed by atoms with Crippen molar-refractivity contribution in [2.24, 2.45) is 5.73 Å². The van der Waals surface area contributed by atoms with Crippen molar-refractivity contribution in [1.82, 2.24) is 14.8 Å². The molecule has 1 aromatic carbocycles. The molecule has 0 bridgehead atoms. The van der Waals surface area contributed by atoms with Crippen molar-refractivity contribution >= 4 is 40.9 Å². The first-order valence-electron chi connectivity index (χ1n) is 6.71. The van der Waals surface area contributed by atoms with Crippen molar-refractivity contribution in [3.05, 3.63) is 28.2 Å². The predicted molar refractivity (Wildman–Crippen MR) is 90.4 cm³/mol. The van der Waals surface area contributed by atoms with Crippen LogP contribution < -0.4 is 5.73 Å². The van der Waals surface area contributed by atoms with Crippen LogP contribution in [0.15, 0.2) is 23.4 Å². The summed E-state index contributed by atoms with van der Waals surface area (Å²) in [7, 11) is 0. The van der Waals surface area contributed by atoms with E-state index in [0.717, 1.165) is 10.7 Å². The van der Waals surface area contributed by atoms with E-state index in [1.54, 1.807) is 12.1 Å². The van der Waals surface area contributed by atoms with Gasteiger partial charge in [0.2, 0.25) is 5.91 Å². The van der Waals surface area contributed by atoms with Crippen molar-refractivity contribution in [3.8, 4) is 11.4 Å². The fraction of sp³-hybridized carbons (Fsp3) is 0.357. The van der Waals surface area contributed by atoms with Gasteiger partial charge in [0.1, 0.15) is 0 Å². The van der Waals surface area contributed by atoms with Crippen LogP contribution in [0.1, 0.15) is 26.3 Å². The Hall–Kier alpha value is -1.24. The van der Waals surface area contributed by atoms with Gasteiger partial charge in [0.25, 0.3) is 0 Å². The number of amides is 1. The van der Waals surface area contributed by atoms with Crippen molar-refractivity contribution < 1.29 is 4.79 Å². The minimum absolute atomic E-state index is 0.146. The monoisotopic (exact) mass is 358 g/mol. The third-order valence-corrected chi connectivity index (χ3v) is 4.43. The Kier molecular flexibility index (Phi) is 5.72. The highest BCUT2D eigenvalue weighted by Crippen LogP contribution is 2.33. The Labute approximate surface area is 143 Å². The van der Waals surface area contributed by atoms with E-state index in [1.807, 2.05) is 24.5 Å². The van der Waals surface area contributed by atoms with Gasteiger partial charge in [0.15, 0.2) is 11.0 Å². The van der Waals surface area contributed by atoms with Gasteiger partial charge >= 0.3 is 0 Å². The fourth-order valence-corrected chi connectivity index (χ4v) is 3.45. The SMILES string of the molecule is CC(C)n1c(SCCC(N)=O)nnc1-c1ccc(Cl)cc1Cl. The second-order valence-corrected chi connectivity index (χ2v) is 6.86. The van der Waals surface area contributed by atoms with Gasteiger partial charge in [-0.15, -0.1) is 10.2 Å². The second kappa shape index (κ2) is 7.35. The molecule has 1 heterocycles. The molecule has 118 valence electrons. The highest BCUT2D eigenvalue weighted by molar-refractivity contribution is 7.99. The summed E-state index contributed by atoms with van der Waals surface area (Å²) >= 11 is 13.6. The van der Waals surface area contributed by atoms with E-state index < -0.39 is 0 Å². The van der Waals surface area contributed by atoms with Crippen LogP contribution in [0.2, 0.25) is 10.0 Å². The lowest BCUT2D eigenvalue weighted by Gasteiger charge is -2.14. The summed E-state index contributed by atoms with van der Waals surface area (Å²) in [4.78, 5) is 10.8. The van der Waals surface area contributed by atoms with Crippen LogP contribution in [0.4, 0.5) is 0 Å². The molecule has 0 saturated heterocycles. The molecule has 5 nitrogen and oxygen atoms in total. The zero-order chi connectivity index (χ0) is 16.3. The molecule has 2 N–H and O–H groups in total. The summed E-state index contributed by atoms with van der Waals surface area (Å²) in [6, 6.07) is 5.42. The van der Waals surface area contributed by atoms with Gasteiger partial charge in [0, 0.05) is 28.8 Å². The number of benzene rings is 1. The first-order valence-corrected chi connectivity index (χ1v) is 8.45. The van der Waals surface area contributed by atoms with Gasteiger partial charge in [-0.1, -0.05) is 35.0 Å². The summed E-state index contributed by atoms with van der Waals surface area (Å²) < 4.78 is 1.99. The van der Waals surface area contributed by atoms with E-state index in [0.29, 0.717) is 28.0 Å². The Balaban J connectivity index is 2.36. The van der Waals surface area contributed by atoms with Gasteiger partial charge in [0.05, 0.1) is 5.02 Å². The third-order valence-electron chi connectivity index (χ3n) is 2.93.